The summed E-state index contributed by atoms with van der Waals surface area (Å²) in [5, 5.41) is 3.35. The van der Waals surface area contributed by atoms with Crippen LogP contribution in [0, 0.1) is 11.8 Å². The van der Waals surface area contributed by atoms with E-state index in [1.165, 1.54) is 0 Å². The monoisotopic (exact) mass is 384 g/mol. The summed E-state index contributed by atoms with van der Waals surface area (Å²) in [4.78, 5) is 19.1. The Kier molecular flexibility index (Phi) is 4.78. The Balaban J connectivity index is 0.00000182. The molecule has 2 N–H and O–H groups in total. The van der Waals surface area contributed by atoms with Gasteiger partial charge in [-0.05, 0) is 30.9 Å². The van der Waals surface area contributed by atoms with Gasteiger partial charge >= 0.3 is 0 Å². The number of halogens is 1. The summed E-state index contributed by atoms with van der Waals surface area (Å²) in [5.41, 5.74) is 0.527. The Hall–Kier alpha value is -1.64. The van der Waals surface area contributed by atoms with Crippen LogP contribution in [0.2, 0.25) is 0 Å². The molecule has 25 heavy (non-hydrogen) atoms. The lowest BCUT2D eigenvalue weighted by Crippen LogP contribution is -2.38. The standard InChI is InChI=1S/C16H20N4O3S.ClH/c1-10(16(21)20-8-11-6-17-7-12(11)9-20)18-15-13-4-2-3-5-14(13)24(22,23)19-15;/h2-5,10-12,17H,6-9H2,1H3,(H,18,19);1H/t10?,11-,12+;. The Morgan fingerprint density at radius 3 is 2.56 bits per heavy atom. The zero-order chi connectivity index (χ0) is 16.9. The number of rotatable bonds is 2. The number of likely N-dealkylation sites (tertiary alicyclic amines) is 1. The fourth-order valence-electron chi connectivity index (χ4n) is 3.78. The summed E-state index contributed by atoms with van der Waals surface area (Å²) < 4.78 is 26.7. The van der Waals surface area contributed by atoms with Crippen molar-refractivity contribution in [3.8, 4) is 0 Å². The predicted molar refractivity (Wildman–Crippen MR) is 96.4 cm³/mol. The number of sulfonamides is 1. The summed E-state index contributed by atoms with van der Waals surface area (Å²) in [5.74, 6) is 1.27. The zero-order valence-electron chi connectivity index (χ0n) is 13.8. The number of nitrogens with one attached hydrogen (secondary N) is 2. The maximum absolute atomic E-state index is 12.7. The average Bonchev–Trinajstić information content (AvgIpc) is 3.20. The van der Waals surface area contributed by atoms with Gasteiger partial charge in [0.05, 0.1) is 4.90 Å². The molecule has 0 bridgehead atoms. The summed E-state index contributed by atoms with van der Waals surface area (Å²) in [7, 11) is -3.57. The molecule has 0 radical (unpaired) electrons. The molecule has 136 valence electrons. The van der Waals surface area contributed by atoms with Crippen LogP contribution in [-0.2, 0) is 14.8 Å². The molecule has 7 nitrogen and oxygen atoms in total. The van der Waals surface area contributed by atoms with Gasteiger partial charge in [-0.15, -0.1) is 12.4 Å². The average molecular weight is 385 g/mol. The quantitative estimate of drug-likeness (QED) is 0.762. The van der Waals surface area contributed by atoms with Crippen molar-refractivity contribution in [3.63, 3.8) is 0 Å². The molecule has 3 heterocycles. The van der Waals surface area contributed by atoms with E-state index < -0.39 is 16.1 Å². The minimum absolute atomic E-state index is 0. The van der Waals surface area contributed by atoms with Crippen molar-refractivity contribution in [2.75, 3.05) is 26.2 Å². The van der Waals surface area contributed by atoms with Crippen molar-refractivity contribution in [2.24, 2.45) is 16.8 Å². The lowest BCUT2D eigenvalue weighted by atomic mass is 10.0. The zero-order valence-corrected chi connectivity index (χ0v) is 15.4. The molecule has 9 heteroatoms. The summed E-state index contributed by atoms with van der Waals surface area (Å²) >= 11 is 0. The minimum Gasteiger partial charge on any atom is -0.340 e. The van der Waals surface area contributed by atoms with E-state index in [0.29, 0.717) is 17.4 Å². The lowest BCUT2D eigenvalue weighted by molar-refractivity contribution is -0.131. The van der Waals surface area contributed by atoms with Gasteiger partial charge in [-0.2, -0.15) is 0 Å². The van der Waals surface area contributed by atoms with Gasteiger partial charge < -0.3 is 10.2 Å². The molecule has 0 spiro atoms. The molecule has 3 atom stereocenters. The van der Waals surface area contributed by atoms with E-state index in [-0.39, 0.29) is 29.0 Å². The fraction of sp³-hybridized carbons (Fsp3) is 0.500. The number of nitrogens with zero attached hydrogens (tertiary/aromatic N) is 2. The lowest BCUT2D eigenvalue weighted by Gasteiger charge is -2.20. The fourth-order valence-corrected chi connectivity index (χ4v) is 5.02. The van der Waals surface area contributed by atoms with E-state index in [0.717, 1.165) is 26.2 Å². The van der Waals surface area contributed by atoms with Crippen LogP contribution in [0.4, 0.5) is 0 Å². The molecule has 0 aliphatic carbocycles. The Bertz CT molecular complexity index is 814. The van der Waals surface area contributed by atoms with E-state index in [1.54, 1.807) is 31.2 Å². The predicted octanol–water partition coefficient (Wildman–Crippen LogP) is 0.213. The highest BCUT2D eigenvalue weighted by atomic mass is 35.5. The van der Waals surface area contributed by atoms with Crippen molar-refractivity contribution in [1.82, 2.24) is 14.9 Å². The second kappa shape index (κ2) is 6.59. The maximum Gasteiger partial charge on any atom is 0.263 e. The highest BCUT2D eigenvalue weighted by molar-refractivity contribution is 7.90. The molecule has 4 rings (SSSR count). The SMILES string of the molecule is CC(N=C1NS(=O)(=O)c2ccccc21)C(=O)N1C[C@H]2CNC[C@H]2C1.Cl. The van der Waals surface area contributed by atoms with Crippen LogP contribution in [0.25, 0.3) is 0 Å². The van der Waals surface area contributed by atoms with E-state index in [2.05, 4.69) is 15.0 Å². The molecule has 0 aromatic heterocycles. The maximum atomic E-state index is 12.7. The highest BCUT2D eigenvalue weighted by Crippen LogP contribution is 2.27. The van der Waals surface area contributed by atoms with Gasteiger partial charge in [0.2, 0.25) is 5.91 Å². The summed E-state index contributed by atoms with van der Waals surface area (Å²) in [6.45, 7) is 5.16. The number of amides is 1. The highest BCUT2D eigenvalue weighted by Gasteiger charge is 2.39. The molecule has 1 unspecified atom stereocenters. The minimum atomic E-state index is -3.57. The first-order valence-electron chi connectivity index (χ1n) is 8.15. The Labute approximate surface area is 153 Å². The Morgan fingerprint density at radius 2 is 1.88 bits per heavy atom. The molecule has 1 aromatic carbocycles. The van der Waals surface area contributed by atoms with Crippen LogP contribution < -0.4 is 10.0 Å². The van der Waals surface area contributed by atoms with Gasteiger partial charge in [-0.25, -0.2) is 8.42 Å². The first-order chi connectivity index (χ1) is 11.5. The molecular formula is C16H21ClN4O3S. The number of fused-ring (bicyclic) bond motifs is 2. The van der Waals surface area contributed by atoms with E-state index >= 15 is 0 Å². The smallest absolute Gasteiger partial charge is 0.263 e. The van der Waals surface area contributed by atoms with Crippen molar-refractivity contribution in [1.29, 1.82) is 0 Å². The number of hydrogen-bond donors (Lipinski definition) is 2. The van der Waals surface area contributed by atoms with Crippen LogP contribution in [0.1, 0.15) is 12.5 Å². The van der Waals surface area contributed by atoms with Gasteiger partial charge in [0.15, 0.2) is 0 Å². The third-order valence-corrected chi connectivity index (χ3v) is 6.44. The van der Waals surface area contributed by atoms with Crippen molar-refractivity contribution in [2.45, 2.75) is 17.9 Å². The number of benzene rings is 1. The molecule has 1 aromatic rings. The second-order valence-electron chi connectivity index (χ2n) is 6.68. The van der Waals surface area contributed by atoms with E-state index in [1.807, 2.05) is 4.90 Å². The van der Waals surface area contributed by atoms with Crippen LogP contribution in [-0.4, -0.2) is 57.3 Å². The number of aliphatic imine (C=N–C) groups is 1. The Morgan fingerprint density at radius 1 is 1.24 bits per heavy atom. The third-order valence-electron chi connectivity index (χ3n) is 5.04. The molecule has 2 fully saturated rings. The van der Waals surface area contributed by atoms with E-state index in [9.17, 15) is 13.2 Å². The van der Waals surface area contributed by atoms with Gasteiger partial charge in [0.25, 0.3) is 10.0 Å². The van der Waals surface area contributed by atoms with Crippen LogP contribution in [0.15, 0.2) is 34.2 Å². The normalized spacial score (nSPS) is 28.8. The van der Waals surface area contributed by atoms with Gasteiger partial charge in [0.1, 0.15) is 11.9 Å². The van der Waals surface area contributed by atoms with Gasteiger partial charge in [0, 0.05) is 31.7 Å². The number of amidine groups is 1. The van der Waals surface area contributed by atoms with Crippen LogP contribution in [0.3, 0.4) is 0 Å². The first kappa shape index (κ1) is 18.2. The first-order valence-corrected chi connectivity index (χ1v) is 9.63. The number of carbonyl (C=O) groups excluding carboxylic acids is 1. The van der Waals surface area contributed by atoms with Crippen LogP contribution in [0.5, 0.6) is 0 Å². The molecule has 3 aliphatic rings. The molecular weight excluding hydrogens is 364 g/mol. The van der Waals surface area contributed by atoms with Crippen molar-refractivity contribution in [3.05, 3.63) is 29.8 Å². The number of hydrogen-bond acceptors (Lipinski definition) is 5. The van der Waals surface area contributed by atoms with Crippen molar-refractivity contribution >= 4 is 34.2 Å². The largest absolute Gasteiger partial charge is 0.340 e. The number of carbonyl (C=O) groups is 1. The third kappa shape index (κ3) is 3.14. The van der Waals surface area contributed by atoms with E-state index in [4.69, 9.17) is 0 Å². The summed E-state index contributed by atoms with van der Waals surface area (Å²) in [6.07, 6.45) is 0. The van der Waals surface area contributed by atoms with Crippen molar-refractivity contribution < 1.29 is 13.2 Å². The van der Waals surface area contributed by atoms with Gasteiger partial charge in [-0.1, -0.05) is 12.1 Å². The van der Waals surface area contributed by atoms with Crippen LogP contribution >= 0.6 is 12.4 Å². The molecule has 1 amide bonds. The second-order valence-corrected chi connectivity index (χ2v) is 8.33. The molecule has 2 saturated heterocycles. The summed E-state index contributed by atoms with van der Waals surface area (Å²) in [6, 6.07) is 6.07. The van der Waals surface area contributed by atoms with Gasteiger partial charge in [-0.3, -0.25) is 14.5 Å². The topological polar surface area (TPSA) is 90.9 Å². The molecule has 0 saturated carbocycles. The molecule has 3 aliphatic heterocycles.